The van der Waals surface area contributed by atoms with Gasteiger partial charge < -0.3 is 20.4 Å². The minimum atomic E-state index is -3.44. The van der Waals surface area contributed by atoms with Crippen molar-refractivity contribution in [3.8, 4) is 6.07 Å². The highest BCUT2D eigenvalue weighted by atomic mass is 19.3. The maximum atomic E-state index is 15.0. The normalized spacial score (nSPS) is 22.1. The first-order chi connectivity index (χ1) is 14.7. The Morgan fingerprint density at radius 3 is 2.84 bits per heavy atom. The van der Waals surface area contributed by atoms with Crippen LogP contribution in [0.1, 0.15) is 35.4 Å². The van der Waals surface area contributed by atoms with Gasteiger partial charge in [-0.2, -0.15) is 19.1 Å². The third-order valence-corrected chi connectivity index (χ3v) is 5.71. The average molecular weight is 435 g/mol. The molecule has 8 nitrogen and oxygen atoms in total. The lowest BCUT2D eigenvalue weighted by Gasteiger charge is -2.30. The predicted octanol–water partition coefficient (Wildman–Crippen LogP) is 2.09. The summed E-state index contributed by atoms with van der Waals surface area (Å²) < 4.78 is 44.7. The highest BCUT2D eigenvalue weighted by Crippen LogP contribution is 2.43. The second-order valence-electron chi connectivity index (χ2n) is 7.92. The molecule has 1 atom stereocenters. The zero-order valence-electron chi connectivity index (χ0n) is 16.4. The van der Waals surface area contributed by atoms with Gasteiger partial charge in [-0.1, -0.05) is 0 Å². The zero-order chi connectivity index (χ0) is 22.4. The van der Waals surface area contributed by atoms with Crippen LogP contribution < -0.4 is 5.32 Å². The van der Waals surface area contributed by atoms with Crippen LogP contribution in [-0.2, 0) is 25.4 Å². The van der Waals surface area contributed by atoms with Crippen molar-refractivity contribution in [2.75, 3.05) is 18.5 Å². The molecular weight excluding hydrogens is 415 g/mol. The van der Waals surface area contributed by atoms with Gasteiger partial charge in [-0.15, -0.1) is 0 Å². The average Bonchev–Trinajstić information content (AvgIpc) is 3.07. The van der Waals surface area contributed by atoms with Gasteiger partial charge in [-0.25, -0.2) is 9.18 Å². The van der Waals surface area contributed by atoms with Gasteiger partial charge in [-0.3, -0.25) is 4.68 Å². The Morgan fingerprint density at radius 2 is 2.13 bits per heavy atom. The quantitative estimate of drug-likeness (QED) is 0.669. The first kappa shape index (κ1) is 21.1. The largest absolute Gasteiger partial charge is 0.393 e. The minimum absolute atomic E-state index is 0.0215. The van der Waals surface area contributed by atoms with Crippen molar-refractivity contribution in [3.05, 3.63) is 46.5 Å². The predicted molar refractivity (Wildman–Crippen MR) is 102 cm³/mol. The molecular formula is C20H20F3N5O3. The number of nitrogens with zero attached hydrogens (tertiary/aromatic N) is 4. The molecule has 11 heteroatoms. The van der Waals surface area contributed by atoms with E-state index in [-0.39, 0.29) is 55.0 Å². The Hall–Kier alpha value is -3.10. The molecule has 2 aliphatic rings. The molecule has 3 N–H and O–H groups in total. The molecule has 0 saturated heterocycles. The van der Waals surface area contributed by atoms with Crippen LogP contribution in [0.4, 0.5) is 23.7 Å². The van der Waals surface area contributed by atoms with Crippen LogP contribution in [0, 0.1) is 17.1 Å². The van der Waals surface area contributed by atoms with E-state index in [1.807, 2.05) is 0 Å². The van der Waals surface area contributed by atoms with Crippen LogP contribution in [-0.4, -0.2) is 49.7 Å². The monoisotopic (exact) mass is 435 g/mol. The van der Waals surface area contributed by atoms with Crippen molar-refractivity contribution in [1.82, 2.24) is 14.7 Å². The van der Waals surface area contributed by atoms with Crippen molar-refractivity contribution in [2.45, 2.75) is 43.9 Å². The van der Waals surface area contributed by atoms with E-state index >= 15 is 8.78 Å². The Balaban J connectivity index is 1.58. The van der Waals surface area contributed by atoms with E-state index in [0.29, 0.717) is 5.69 Å². The van der Waals surface area contributed by atoms with E-state index in [0.717, 1.165) is 6.07 Å². The molecule has 0 radical (unpaired) electrons. The summed E-state index contributed by atoms with van der Waals surface area (Å²) in [4.78, 5) is 14.0. The standard InChI is InChI=1S/C20H20F3N5O3/c21-15-2-1-13(7-12(15)8-24)25-18(30)27-5-3-16-14(9-27)17-20(22,23)10-19(31,11-29)4-6-28(17)26-16/h1-2,7,29,31H,3-6,9-11H2,(H,25,30). The van der Waals surface area contributed by atoms with Crippen molar-refractivity contribution in [3.63, 3.8) is 0 Å². The van der Waals surface area contributed by atoms with Crippen LogP contribution in [0.15, 0.2) is 18.2 Å². The molecule has 164 valence electrons. The van der Waals surface area contributed by atoms with Gasteiger partial charge in [0.25, 0.3) is 5.92 Å². The Labute approximate surface area is 175 Å². The molecule has 2 amide bonds. The number of nitrogens with one attached hydrogen (secondary N) is 1. The zero-order valence-corrected chi connectivity index (χ0v) is 16.4. The highest BCUT2D eigenvalue weighted by Gasteiger charge is 2.49. The number of aliphatic hydroxyl groups is 2. The molecule has 1 aromatic carbocycles. The summed E-state index contributed by atoms with van der Waals surface area (Å²) in [5, 5.41) is 35.4. The van der Waals surface area contributed by atoms with E-state index in [1.165, 1.54) is 21.7 Å². The molecule has 2 aliphatic heterocycles. The van der Waals surface area contributed by atoms with Crippen molar-refractivity contribution >= 4 is 11.7 Å². The topological polar surface area (TPSA) is 114 Å². The summed E-state index contributed by atoms with van der Waals surface area (Å²) in [6.07, 6.45) is -0.730. The lowest BCUT2D eigenvalue weighted by Crippen LogP contribution is -2.40. The van der Waals surface area contributed by atoms with E-state index in [2.05, 4.69) is 10.4 Å². The van der Waals surface area contributed by atoms with Crippen LogP contribution in [0.3, 0.4) is 0 Å². The SMILES string of the molecule is N#Cc1cc(NC(=O)N2CCc3nn4c(c3C2)C(F)(F)CC(O)(CO)CC4)ccc1F. The van der Waals surface area contributed by atoms with E-state index in [9.17, 15) is 19.4 Å². The number of aromatic nitrogens is 2. The molecule has 0 saturated carbocycles. The number of alkyl halides is 2. The molecule has 0 fully saturated rings. The van der Waals surface area contributed by atoms with Gasteiger partial charge in [0.15, 0.2) is 0 Å². The maximum absolute atomic E-state index is 15.0. The Morgan fingerprint density at radius 1 is 1.35 bits per heavy atom. The molecule has 0 spiro atoms. The number of aryl methyl sites for hydroxylation is 1. The molecule has 0 aliphatic carbocycles. The van der Waals surface area contributed by atoms with Gasteiger partial charge in [0.1, 0.15) is 17.6 Å². The summed E-state index contributed by atoms with van der Waals surface area (Å²) in [5.41, 5.74) is -1.58. The molecule has 4 rings (SSSR count). The number of aliphatic hydroxyl groups excluding tert-OH is 1. The third kappa shape index (κ3) is 3.84. The minimum Gasteiger partial charge on any atom is -0.393 e. The maximum Gasteiger partial charge on any atom is 0.322 e. The lowest BCUT2D eigenvalue weighted by molar-refractivity contribution is -0.112. The third-order valence-electron chi connectivity index (χ3n) is 5.71. The number of benzene rings is 1. The number of halogens is 3. The van der Waals surface area contributed by atoms with Crippen molar-refractivity contribution in [2.24, 2.45) is 0 Å². The number of carbonyl (C=O) groups is 1. The number of anilines is 1. The summed E-state index contributed by atoms with van der Waals surface area (Å²) >= 11 is 0. The van der Waals surface area contributed by atoms with Gasteiger partial charge >= 0.3 is 6.03 Å². The van der Waals surface area contributed by atoms with Crippen LogP contribution >= 0.6 is 0 Å². The van der Waals surface area contributed by atoms with Crippen LogP contribution in [0.5, 0.6) is 0 Å². The van der Waals surface area contributed by atoms with E-state index in [1.54, 1.807) is 6.07 Å². The first-order valence-electron chi connectivity index (χ1n) is 9.71. The number of fused-ring (bicyclic) bond motifs is 3. The smallest absolute Gasteiger partial charge is 0.322 e. The number of carbonyl (C=O) groups excluding carboxylic acids is 1. The van der Waals surface area contributed by atoms with Crippen molar-refractivity contribution < 1.29 is 28.2 Å². The summed E-state index contributed by atoms with van der Waals surface area (Å²) in [7, 11) is 0. The lowest BCUT2D eigenvalue weighted by atomic mass is 9.91. The number of amides is 2. The summed E-state index contributed by atoms with van der Waals surface area (Å²) in [6.45, 7) is -0.635. The molecule has 1 aromatic heterocycles. The number of urea groups is 1. The second kappa shape index (κ2) is 7.55. The van der Waals surface area contributed by atoms with Gasteiger partial charge in [-0.05, 0) is 24.6 Å². The molecule has 0 bridgehead atoms. The van der Waals surface area contributed by atoms with Gasteiger partial charge in [0, 0.05) is 37.2 Å². The summed E-state index contributed by atoms with van der Waals surface area (Å²) in [5.74, 6) is -4.15. The first-order valence-corrected chi connectivity index (χ1v) is 9.71. The Kier molecular flexibility index (Phi) is 5.15. The molecule has 2 aromatic rings. The number of nitriles is 1. The van der Waals surface area contributed by atoms with Crippen molar-refractivity contribution in [1.29, 1.82) is 5.26 Å². The highest BCUT2D eigenvalue weighted by molar-refractivity contribution is 5.89. The molecule has 31 heavy (non-hydrogen) atoms. The van der Waals surface area contributed by atoms with E-state index in [4.69, 9.17) is 5.26 Å². The second-order valence-corrected chi connectivity index (χ2v) is 7.92. The fourth-order valence-electron chi connectivity index (χ4n) is 4.10. The molecule has 1 unspecified atom stereocenters. The van der Waals surface area contributed by atoms with E-state index < -0.39 is 36.4 Å². The fraction of sp³-hybridized carbons (Fsp3) is 0.450. The number of hydrogen-bond donors (Lipinski definition) is 3. The van der Waals surface area contributed by atoms with Crippen LogP contribution in [0.25, 0.3) is 0 Å². The number of rotatable bonds is 2. The Bertz CT molecular complexity index is 1080. The van der Waals surface area contributed by atoms with Crippen LogP contribution in [0.2, 0.25) is 0 Å². The van der Waals surface area contributed by atoms with Gasteiger partial charge in [0.2, 0.25) is 0 Å². The number of hydrogen-bond acceptors (Lipinski definition) is 5. The molecule has 3 heterocycles. The summed E-state index contributed by atoms with van der Waals surface area (Å²) in [6, 6.07) is 4.66. The fourth-order valence-corrected chi connectivity index (χ4v) is 4.10. The van der Waals surface area contributed by atoms with Gasteiger partial charge in [0.05, 0.1) is 30.0 Å².